The SMILES string of the molecule is CC(C)CCn1c(=O)c(C2=NS(=O)(=O)C3=C(CCN(C(C)C(N)=O)C3)N2)c(O)c2ccccc21. The molecule has 0 bridgehead atoms. The van der Waals surface area contributed by atoms with Gasteiger partial charge in [0.25, 0.3) is 15.6 Å². The van der Waals surface area contributed by atoms with Crippen molar-refractivity contribution in [2.45, 2.75) is 46.2 Å². The van der Waals surface area contributed by atoms with Crippen molar-refractivity contribution >= 4 is 32.7 Å². The van der Waals surface area contributed by atoms with Crippen molar-refractivity contribution in [3.63, 3.8) is 0 Å². The average Bonchev–Trinajstić information content (AvgIpc) is 2.77. The van der Waals surface area contributed by atoms with Gasteiger partial charge in [-0.25, -0.2) is 0 Å². The quantitative estimate of drug-likeness (QED) is 0.555. The van der Waals surface area contributed by atoms with E-state index >= 15 is 0 Å². The van der Waals surface area contributed by atoms with E-state index in [4.69, 9.17) is 5.73 Å². The standard InChI is InChI=1S/C23H29N5O5S/c1-13(2)8-11-28-17-7-5-4-6-15(17)20(29)19(23(28)31)22-25-16-9-10-27(14(3)21(24)30)12-18(16)34(32,33)26-22/h4-7,13-14,29H,8-12H2,1-3H3,(H2,24,30)(H,25,26). The number of nitrogens with one attached hydrogen (secondary N) is 1. The summed E-state index contributed by atoms with van der Waals surface area (Å²) in [5.74, 6) is -0.708. The Morgan fingerprint density at radius 2 is 1.97 bits per heavy atom. The summed E-state index contributed by atoms with van der Waals surface area (Å²) in [6, 6.07) is 6.33. The van der Waals surface area contributed by atoms with Crippen LogP contribution in [0.1, 0.15) is 39.2 Å². The summed E-state index contributed by atoms with van der Waals surface area (Å²) in [5, 5.41) is 14.4. The van der Waals surface area contributed by atoms with Crippen LogP contribution in [0.25, 0.3) is 10.9 Å². The highest BCUT2D eigenvalue weighted by Crippen LogP contribution is 2.31. The fraction of sp³-hybridized carbons (Fsp3) is 0.435. The van der Waals surface area contributed by atoms with Crippen molar-refractivity contribution in [3.05, 3.63) is 50.8 Å². The van der Waals surface area contributed by atoms with Gasteiger partial charge in [-0.2, -0.15) is 8.42 Å². The van der Waals surface area contributed by atoms with Gasteiger partial charge in [-0.05, 0) is 31.4 Å². The summed E-state index contributed by atoms with van der Waals surface area (Å²) in [6.07, 6.45) is 1.02. The first kappa shape index (κ1) is 24.0. The van der Waals surface area contributed by atoms with E-state index in [0.29, 0.717) is 42.0 Å². The Morgan fingerprint density at radius 1 is 1.26 bits per heavy atom. The Bertz CT molecular complexity index is 1390. The number of pyridine rings is 1. The second-order valence-electron chi connectivity index (χ2n) is 9.12. The molecule has 1 atom stereocenters. The lowest BCUT2D eigenvalue weighted by Gasteiger charge is -2.34. The molecule has 4 rings (SSSR count). The lowest BCUT2D eigenvalue weighted by molar-refractivity contribution is -0.122. The highest BCUT2D eigenvalue weighted by molar-refractivity contribution is 7.94. The maximum Gasteiger partial charge on any atom is 0.283 e. The van der Waals surface area contributed by atoms with E-state index in [9.17, 15) is 23.1 Å². The number of carbonyl (C=O) groups is 1. The van der Waals surface area contributed by atoms with Crippen LogP contribution in [0.3, 0.4) is 0 Å². The number of nitrogens with two attached hydrogens (primary N) is 1. The third-order valence-corrected chi connectivity index (χ3v) is 7.82. The predicted octanol–water partition coefficient (Wildman–Crippen LogP) is 1.22. The van der Waals surface area contributed by atoms with Gasteiger partial charge in [0.05, 0.1) is 11.6 Å². The molecular weight excluding hydrogens is 458 g/mol. The monoisotopic (exact) mass is 487 g/mol. The van der Waals surface area contributed by atoms with Crippen LogP contribution in [0.2, 0.25) is 0 Å². The Morgan fingerprint density at radius 3 is 2.65 bits per heavy atom. The molecule has 0 saturated heterocycles. The minimum absolute atomic E-state index is 0.0200. The molecular formula is C23H29N5O5S. The van der Waals surface area contributed by atoms with Crippen molar-refractivity contribution in [2.75, 3.05) is 13.1 Å². The lowest BCUT2D eigenvalue weighted by Crippen LogP contribution is -2.49. The minimum Gasteiger partial charge on any atom is -0.506 e. The Hall–Kier alpha value is -3.18. The van der Waals surface area contributed by atoms with Crippen LogP contribution in [0.15, 0.2) is 44.1 Å². The lowest BCUT2D eigenvalue weighted by atomic mass is 10.1. The third-order valence-electron chi connectivity index (χ3n) is 6.40. The molecule has 0 spiro atoms. The molecule has 1 aromatic heterocycles. The second kappa shape index (κ2) is 8.88. The van der Waals surface area contributed by atoms with Crippen LogP contribution in [0.4, 0.5) is 0 Å². The number of amides is 1. The van der Waals surface area contributed by atoms with E-state index in [1.807, 2.05) is 13.8 Å². The fourth-order valence-corrected chi connectivity index (χ4v) is 5.58. The number of fused-ring (bicyclic) bond motifs is 1. The van der Waals surface area contributed by atoms with Crippen LogP contribution in [-0.4, -0.2) is 53.9 Å². The molecule has 1 aromatic carbocycles. The zero-order valence-corrected chi connectivity index (χ0v) is 20.2. The van der Waals surface area contributed by atoms with E-state index in [1.165, 1.54) is 0 Å². The third kappa shape index (κ3) is 4.21. The smallest absolute Gasteiger partial charge is 0.283 e. The highest BCUT2D eigenvalue weighted by atomic mass is 32.2. The summed E-state index contributed by atoms with van der Waals surface area (Å²) in [6.45, 7) is 6.52. The fourth-order valence-electron chi connectivity index (χ4n) is 4.30. The summed E-state index contributed by atoms with van der Waals surface area (Å²) < 4.78 is 31.6. The first-order chi connectivity index (χ1) is 16.0. The van der Waals surface area contributed by atoms with E-state index in [0.717, 1.165) is 6.42 Å². The number of aromatic hydroxyl groups is 1. The number of primary amides is 1. The molecule has 1 unspecified atom stereocenters. The summed E-state index contributed by atoms with van der Waals surface area (Å²) in [7, 11) is -4.15. The molecule has 4 N–H and O–H groups in total. The molecule has 2 aliphatic heterocycles. The number of hydrogen-bond donors (Lipinski definition) is 3. The van der Waals surface area contributed by atoms with Crippen molar-refractivity contribution in [1.29, 1.82) is 0 Å². The molecule has 0 aliphatic carbocycles. The average molecular weight is 488 g/mol. The normalized spacial score (nSPS) is 19.0. The first-order valence-corrected chi connectivity index (χ1v) is 12.7. The molecule has 0 radical (unpaired) electrons. The van der Waals surface area contributed by atoms with Gasteiger partial charge in [0.1, 0.15) is 16.2 Å². The molecule has 10 nitrogen and oxygen atoms in total. The number of carbonyl (C=O) groups excluding carboxylic acids is 1. The van der Waals surface area contributed by atoms with E-state index < -0.39 is 27.5 Å². The van der Waals surface area contributed by atoms with E-state index in [1.54, 1.807) is 40.7 Å². The number of amidine groups is 1. The van der Waals surface area contributed by atoms with Gasteiger partial charge < -0.3 is 20.7 Å². The van der Waals surface area contributed by atoms with Gasteiger partial charge in [-0.15, -0.1) is 4.40 Å². The van der Waals surface area contributed by atoms with Gasteiger partial charge >= 0.3 is 0 Å². The Kier molecular flexibility index (Phi) is 6.26. The molecule has 2 aromatic rings. The summed E-state index contributed by atoms with van der Waals surface area (Å²) in [5.41, 5.74) is 5.67. The van der Waals surface area contributed by atoms with Crippen molar-refractivity contribution in [1.82, 2.24) is 14.8 Å². The van der Waals surface area contributed by atoms with Gasteiger partial charge in [0.2, 0.25) is 5.91 Å². The summed E-state index contributed by atoms with van der Waals surface area (Å²) in [4.78, 5) is 26.8. The maximum absolute atomic E-state index is 13.5. The molecule has 2 aliphatic rings. The molecule has 11 heteroatoms. The van der Waals surface area contributed by atoms with Crippen LogP contribution in [0.5, 0.6) is 5.75 Å². The molecule has 3 heterocycles. The largest absolute Gasteiger partial charge is 0.506 e. The van der Waals surface area contributed by atoms with Crippen LogP contribution < -0.4 is 16.6 Å². The molecule has 34 heavy (non-hydrogen) atoms. The number of nitrogens with zero attached hydrogens (tertiary/aromatic N) is 3. The van der Waals surface area contributed by atoms with Crippen LogP contribution in [-0.2, 0) is 21.4 Å². The number of aromatic nitrogens is 1. The Balaban J connectivity index is 1.81. The first-order valence-electron chi connectivity index (χ1n) is 11.2. The zero-order valence-electron chi connectivity index (χ0n) is 19.4. The molecule has 182 valence electrons. The molecule has 0 fully saturated rings. The van der Waals surface area contributed by atoms with Crippen LogP contribution >= 0.6 is 0 Å². The van der Waals surface area contributed by atoms with Crippen molar-refractivity contribution < 1.29 is 18.3 Å². The number of sulfonamides is 1. The van der Waals surface area contributed by atoms with Crippen molar-refractivity contribution in [3.8, 4) is 5.75 Å². The number of aryl methyl sites for hydroxylation is 1. The number of para-hydroxylation sites is 1. The van der Waals surface area contributed by atoms with E-state index in [-0.39, 0.29) is 28.6 Å². The molecule has 1 amide bonds. The van der Waals surface area contributed by atoms with Gasteiger partial charge in [-0.1, -0.05) is 26.0 Å². The minimum atomic E-state index is -4.15. The van der Waals surface area contributed by atoms with Crippen LogP contribution in [0, 0.1) is 5.92 Å². The highest BCUT2D eigenvalue weighted by Gasteiger charge is 2.36. The number of benzene rings is 1. The topological polar surface area (TPSA) is 147 Å². The number of rotatable bonds is 6. The Labute approximate surface area is 197 Å². The summed E-state index contributed by atoms with van der Waals surface area (Å²) >= 11 is 0. The maximum atomic E-state index is 13.5. The molecule has 0 saturated carbocycles. The van der Waals surface area contributed by atoms with Gasteiger partial charge in [0.15, 0.2) is 5.84 Å². The van der Waals surface area contributed by atoms with Gasteiger partial charge in [0, 0.05) is 37.1 Å². The second-order valence-corrected chi connectivity index (χ2v) is 10.7. The zero-order chi connectivity index (χ0) is 24.8. The van der Waals surface area contributed by atoms with Crippen molar-refractivity contribution in [2.24, 2.45) is 16.0 Å². The number of hydrogen-bond acceptors (Lipinski definition) is 7. The predicted molar refractivity (Wildman–Crippen MR) is 130 cm³/mol. The van der Waals surface area contributed by atoms with E-state index in [2.05, 4.69) is 9.71 Å². The van der Waals surface area contributed by atoms with Gasteiger partial charge in [-0.3, -0.25) is 14.5 Å².